The largest absolute Gasteiger partial charge is 0.309 e. The maximum absolute atomic E-state index is 3.86. The topological polar surface area (TPSA) is 12.0 Å². The highest BCUT2D eigenvalue weighted by atomic mass is 15.0. The van der Waals surface area contributed by atoms with Gasteiger partial charge < -0.3 is 5.32 Å². The zero-order valence-corrected chi connectivity index (χ0v) is 14.1. The Labute approximate surface area is 125 Å². The van der Waals surface area contributed by atoms with Gasteiger partial charge in [-0.05, 0) is 56.9 Å². The fourth-order valence-corrected chi connectivity index (χ4v) is 3.86. The fourth-order valence-electron chi connectivity index (χ4n) is 3.86. The first-order valence-corrected chi connectivity index (χ1v) is 7.99. The van der Waals surface area contributed by atoms with Gasteiger partial charge in [-0.3, -0.25) is 0 Å². The Kier molecular flexibility index (Phi) is 4.30. The van der Waals surface area contributed by atoms with Crippen LogP contribution in [-0.2, 0) is 0 Å². The van der Waals surface area contributed by atoms with E-state index in [4.69, 9.17) is 0 Å². The van der Waals surface area contributed by atoms with Crippen molar-refractivity contribution in [3.8, 4) is 0 Å². The van der Waals surface area contributed by atoms with E-state index in [1.807, 2.05) is 0 Å². The lowest BCUT2D eigenvalue weighted by molar-refractivity contribution is 0.176. The first-order valence-electron chi connectivity index (χ1n) is 7.99. The van der Waals surface area contributed by atoms with Gasteiger partial charge in [-0.2, -0.15) is 0 Å². The molecule has 112 valence electrons. The highest BCUT2D eigenvalue weighted by Crippen LogP contribution is 2.39. The molecule has 1 saturated carbocycles. The van der Waals surface area contributed by atoms with Crippen LogP contribution in [-0.4, -0.2) is 11.6 Å². The second-order valence-electron chi connectivity index (χ2n) is 8.55. The Morgan fingerprint density at radius 1 is 1.10 bits per heavy atom. The van der Waals surface area contributed by atoms with E-state index in [2.05, 4.69) is 71.1 Å². The molecule has 0 bridgehead atoms. The maximum atomic E-state index is 3.86. The monoisotopic (exact) mass is 273 g/mol. The van der Waals surface area contributed by atoms with E-state index >= 15 is 0 Å². The van der Waals surface area contributed by atoms with E-state index < -0.39 is 0 Å². The summed E-state index contributed by atoms with van der Waals surface area (Å²) in [6, 6.07) is 9.70. The highest BCUT2D eigenvalue weighted by molar-refractivity contribution is 5.27. The van der Waals surface area contributed by atoms with Crippen molar-refractivity contribution in [2.45, 2.75) is 78.3 Å². The zero-order chi connectivity index (χ0) is 15.0. The van der Waals surface area contributed by atoms with Crippen LogP contribution in [0.25, 0.3) is 0 Å². The Morgan fingerprint density at radius 3 is 2.30 bits per heavy atom. The molecule has 20 heavy (non-hydrogen) atoms. The van der Waals surface area contributed by atoms with Gasteiger partial charge in [-0.1, -0.05) is 50.6 Å². The van der Waals surface area contributed by atoms with Crippen molar-refractivity contribution >= 4 is 0 Å². The highest BCUT2D eigenvalue weighted by Gasteiger charge is 2.35. The molecule has 0 saturated heterocycles. The van der Waals surface area contributed by atoms with E-state index in [1.54, 1.807) is 0 Å². The third-order valence-corrected chi connectivity index (χ3v) is 4.22. The van der Waals surface area contributed by atoms with E-state index in [9.17, 15) is 0 Å². The molecule has 1 nitrogen and oxygen atoms in total. The number of rotatable bonds is 4. The number of hydrogen-bond donors (Lipinski definition) is 1. The maximum Gasteiger partial charge on any atom is 0.0132 e. The summed E-state index contributed by atoms with van der Waals surface area (Å²) in [6.07, 6.45) is 3.79. The molecule has 1 aromatic rings. The molecule has 0 spiro atoms. The van der Waals surface area contributed by atoms with Crippen LogP contribution in [0.2, 0.25) is 0 Å². The summed E-state index contributed by atoms with van der Waals surface area (Å²) in [7, 11) is 0. The van der Waals surface area contributed by atoms with Gasteiger partial charge in [0.05, 0.1) is 0 Å². The summed E-state index contributed by atoms with van der Waals surface area (Å²) in [5, 5.41) is 3.86. The molecule has 2 rings (SSSR count). The van der Waals surface area contributed by atoms with Crippen LogP contribution in [0.15, 0.2) is 24.3 Å². The second-order valence-corrected chi connectivity index (χ2v) is 8.55. The predicted octanol–water partition coefficient (Wildman–Crippen LogP) is 5.05. The minimum Gasteiger partial charge on any atom is -0.309 e. The van der Waals surface area contributed by atoms with Crippen LogP contribution in [0, 0.1) is 12.3 Å². The minimum absolute atomic E-state index is 0.237. The van der Waals surface area contributed by atoms with Crippen molar-refractivity contribution in [3.05, 3.63) is 35.4 Å². The second kappa shape index (κ2) is 5.52. The van der Waals surface area contributed by atoms with Gasteiger partial charge in [0.25, 0.3) is 0 Å². The quantitative estimate of drug-likeness (QED) is 0.810. The Morgan fingerprint density at radius 2 is 1.75 bits per heavy atom. The lowest BCUT2D eigenvalue weighted by Gasteiger charge is -2.43. The Bertz CT molecular complexity index is 447. The van der Waals surface area contributed by atoms with Gasteiger partial charge in [0.2, 0.25) is 0 Å². The Hall–Kier alpha value is -0.820. The van der Waals surface area contributed by atoms with Crippen molar-refractivity contribution in [2.24, 2.45) is 5.41 Å². The minimum atomic E-state index is 0.237. The van der Waals surface area contributed by atoms with E-state index in [-0.39, 0.29) is 5.54 Å². The number of aryl methyl sites for hydroxylation is 1. The molecule has 1 aromatic carbocycles. The van der Waals surface area contributed by atoms with Gasteiger partial charge in [-0.15, -0.1) is 0 Å². The smallest absolute Gasteiger partial charge is 0.0132 e. The van der Waals surface area contributed by atoms with Crippen molar-refractivity contribution in [1.82, 2.24) is 5.32 Å². The van der Waals surface area contributed by atoms with Crippen molar-refractivity contribution < 1.29 is 0 Å². The molecule has 0 radical (unpaired) electrons. The average molecular weight is 273 g/mol. The van der Waals surface area contributed by atoms with Crippen molar-refractivity contribution in [1.29, 1.82) is 0 Å². The average Bonchev–Trinajstić information content (AvgIpc) is 2.19. The molecule has 0 heterocycles. The van der Waals surface area contributed by atoms with Crippen LogP contribution in [0.5, 0.6) is 0 Å². The summed E-state index contributed by atoms with van der Waals surface area (Å²) in [4.78, 5) is 0. The predicted molar refractivity (Wildman–Crippen MR) is 88.2 cm³/mol. The number of hydrogen-bond acceptors (Lipinski definition) is 1. The third-order valence-electron chi connectivity index (χ3n) is 4.22. The zero-order valence-electron chi connectivity index (χ0n) is 14.1. The molecule has 0 aromatic heterocycles. The Balaban J connectivity index is 1.85. The summed E-state index contributed by atoms with van der Waals surface area (Å²) in [5.74, 6) is 0.762. The fraction of sp³-hybridized carbons (Fsp3) is 0.684. The lowest BCUT2D eigenvalue weighted by Crippen LogP contribution is -2.52. The van der Waals surface area contributed by atoms with Crippen LogP contribution >= 0.6 is 0 Å². The lowest BCUT2D eigenvalue weighted by atomic mass is 9.73. The molecule has 0 atom stereocenters. The SMILES string of the molecule is Cc1cccc(C2CC(NC(C)(C)CC(C)(C)C)C2)c1. The standard InChI is InChI=1S/C19H31N/c1-14-8-7-9-15(10-14)16-11-17(12-16)20-19(5,6)13-18(2,3)4/h7-10,16-17,20H,11-13H2,1-6H3. The molecule has 1 heteroatoms. The van der Waals surface area contributed by atoms with Crippen molar-refractivity contribution in [2.75, 3.05) is 0 Å². The normalized spacial score (nSPS) is 23.5. The first-order chi connectivity index (χ1) is 9.15. The molecule has 1 N–H and O–H groups in total. The number of nitrogens with one attached hydrogen (secondary N) is 1. The van der Waals surface area contributed by atoms with Gasteiger partial charge >= 0.3 is 0 Å². The molecule has 1 aliphatic rings. The summed E-state index contributed by atoms with van der Waals surface area (Å²) in [5.41, 5.74) is 3.53. The summed E-state index contributed by atoms with van der Waals surface area (Å²) in [6.45, 7) is 13.9. The molecule has 0 unspecified atom stereocenters. The van der Waals surface area contributed by atoms with Crippen LogP contribution < -0.4 is 5.32 Å². The van der Waals surface area contributed by atoms with E-state index in [0.717, 1.165) is 5.92 Å². The molecule has 1 aliphatic carbocycles. The van der Waals surface area contributed by atoms with Crippen molar-refractivity contribution in [3.63, 3.8) is 0 Å². The summed E-state index contributed by atoms with van der Waals surface area (Å²) < 4.78 is 0. The molecular weight excluding hydrogens is 242 g/mol. The third kappa shape index (κ3) is 4.34. The van der Waals surface area contributed by atoms with Gasteiger partial charge in [0.15, 0.2) is 0 Å². The first kappa shape index (κ1) is 15.6. The molecule has 0 amide bonds. The van der Waals surface area contributed by atoms with Crippen LogP contribution in [0.1, 0.15) is 70.9 Å². The van der Waals surface area contributed by atoms with Gasteiger partial charge in [-0.25, -0.2) is 0 Å². The van der Waals surface area contributed by atoms with Crippen LogP contribution in [0.4, 0.5) is 0 Å². The molecule has 0 aliphatic heterocycles. The van der Waals surface area contributed by atoms with E-state index in [0.29, 0.717) is 11.5 Å². The molecular formula is C19H31N. The summed E-state index contributed by atoms with van der Waals surface area (Å²) >= 11 is 0. The van der Waals surface area contributed by atoms with Crippen LogP contribution in [0.3, 0.4) is 0 Å². The van der Waals surface area contributed by atoms with Gasteiger partial charge in [0, 0.05) is 11.6 Å². The van der Waals surface area contributed by atoms with E-state index in [1.165, 1.54) is 30.4 Å². The van der Waals surface area contributed by atoms with Gasteiger partial charge in [0.1, 0.15) is 0 Å². The molecule has 1 fully saturated rings. The number of benzene rings is 1.